The molecule has 1 atom stereocenters. The molecule has 1 fully saturated rings. The highest BCUT2D eigenvalue weighted by Crippen LogP contribution is 2.41. The number of ether oxygens (including phenoxy) is 1. The summed E-state index contributed by atoms with van der Waals surface area (Å²) in [6, 6.07) is 4.52. The summed E-state index contributed by atoms with van der Waals surface area (Å²) in [7, 11) is 0. The van der Waals surface area contributed by atoms with Crippen molar-refractivity contribution in [2.75, 3.05) is 32.8 Å². The van der Waals surface area contributed by atoms with Gasteiger partial charge in [-0.15, -0.1) is 11.3 Å². The van der Waals surface area contributed by atoms with Gasteiger partial charge in [-0.2, -0.15) is 0 Å². The fourth-order valence-electron chi connectivity index (χ4n) is 4.72. The van der Waals surface area contributed by atoms with Gasteiger partial charge >= 0.3 is 0 Å². The molecule has 5 rings (SSSR count). The summed E-state index contributed by atoms with van der Waals surface area (Å²) >= 11 is 2.03. The minimum atomic E-state index is -0.0267. The van der Waals surface area contributed by atoms with E-state index in [1.54, 1.807) is 16.0 Å². The second kappa shape index (κ2) is 6.23. The molecule has 2 aromatic rings. The molecule has 25 heavy (non-hydrogen) atoms. The van der Waals surface area contributed by atoms with E-state index in [4.69, 9.17) is 4.74 Å². The second-order valence-corrected chi connectivity index (χ2v) is 8.92. The molecule has 3 aliphatic rings. The first-order chi connectivity index (χ1) is 12.2. The summed E-state index contributed by atoms with van der Waals surface area (Å²) in [4.78, 5) is 4.18. The molecule has 1 unspecified atom stereocenters. The lowest BCUT2D eigenvalue weighted by Crippen LogP contribution is -2.51. The molecule has 2 aromatic heterocycles. The minimum Gasteiger partial charge on any atom is -0.379 e. The van der Waals surface area contributed by atoms with Crippen LogP contribution in [-0.2, 0) is 29.7 Å². The molecular weight excluding hydrogens is 330 g/mol. The molecule has 2 aliphatic heterocycles. The van der Waals surface area contributed by atoms with Crippen molar-refractivity contribution in [3.8, 4) is 5.00 Å². The van der Waals surface area contributed by atoms with E-state index >= 15 is 0 Å². The largest absolute Gasteiger partial charge is 0.379 e. The fraction of sp³-hybridized carbons (Fsp3) is 0.600. The Balaban J connectivity index is 1.53. The zero-order valence-electron chi connectivity index (χ0n) is 15.0. The van der Waals surface area contributed by atoms with E-state index in [0.29, 0.717) is 0 Å². The summed E-state index contributed by atoms with van der Waals surface area (Å²) in [5.74, 6) is 0. The lowest BCUT2D eigenvalue weighted by molar-refractivity contribution is 0.0241. The van der Waals surface area contributed by atoms with Crippen LogP contribution in [0, 0.1) is 0 Å². The number of rotatable bonds is 2. The number of nitrogens with zero attached hydrogens (tertiary/aromatic N) is 2. The average molecular weight is 358 g/mol. The monoisotopic (exact) mass is 357 g/mol. The van der Waals surface area contributed by atoms with Crippen molar-refractivity contribution in [2.45, 2.75) is 44.7 Å². The maximum Gasteiger partial charge on any atom is 0.104 e. The Hall–Kier alpha value is -1.14. The van der Waals surface area contributed by atoms with E-state index in [2.05, 4.69) is 40.0 Å². The molecule has 1 N–H and O–H groups in total. The molecule has 4 nitrogen and oxygen atoms in total. The number of aryl methyl sites for hydroxylation is 1. The van der Waals surface area contributed by atoms with Crippen LogP contribution in [-0.4, -0.2) is 42.3 Å². The van der Waals surface area contributed by atoms with Gasteiger partial charge in [0.15, 0.2) is 0 Å². The summed E-state index contributed by atoms with van der Waals surface area (Å²) in [6.07, 6.45) is 7.50. The lowest BCUT2D eigenvalue weighted by atomic mass is 9.94. The maximum atomic E-state index is 5.54. The third-order valence-corrected chi connectivity index (χ3v) is 7.42. The summed E-state index contributed by atoms with van der Waals surface area (Å²) < 4.78 is 8.01. The topological polar surface area (TPSA) is 29.4 Å². The van der Waals surface area contributed by atoms with Gasteiger partial charge in [-0.25, -0.2) is 0 Å². The molecule has 0 aromatic carbocycles. The molecule has 4 heterocycles. The minimum absolute atomic E-state index is 0.0267. The van der Waals surface area contributed by atoms with Crippen molar-refractivity contribution >= 4 is 11.3 Å². The molecule has 5 heteroatoms. The Morgan fingerprint density at radius 3 is 2.92 bits per heavy atom. The third kappa shape index (κ3) is 2.69. The molecule has 0 radical (unpaired) electrons. The van der Waals surface area contributed by atoms with Crippen molar-refractivity contribution in [1.82, 2.24) is 14.8 Å². The second-order valence-electron chi connectivity index (χ2n) is 7.83. The zero-order chi connectivity index (χ0) is 16.9. The van der Waals surface area contributed by atoms with Crippen LogP contribution in [0.2, 0.25) is 0 Å². The summed E-state index contributed by atoms with van der Waals surface area (Å²) in [6.45, 7) is 8.19. The van der Waals surface area contributed by atoms with Crippen LogP contribution in [0.5, 0.6) is 0 Å². The quantitative estimate of drug-likeness (QED) is 0.896. The molecule has 1 aliphatic carbocycles. The van der Waals surface area contributed by atoms with Gasteiger partial charge < -0.3 is 14.6 Å². The fourth-order valence-corrected chi connectivity index (χ4v) is 6.12. The first-order valence-electron chi connectivity index (χ1n) is 9.61. The zero-order valence-corrected chi connectivity index (χ0v) is 15.8. The Morgan fingerprint density at radius 1 is 1.20 bits per heavy atom. The SMILES string of the molecule is CC1(CN2CCOCC2)NCc2c(sc3c2CCCC3)-n2cccc21. The highest BCUT2D eigenvalue weighted by molar-refractivity contribution is 7.15. The van der Waals surface area contributed by atoms with Crippen molar-refractivity contribution < 1.29 is 4.74 Å². The Morgan fingerprint density at radius 2 is 2.04 bits per heavy atom. The van der Waals surface area contributed by atoms with Gasteiger partial charge in [0.05, 0.1) is 18.8 Å². The number of fused-ring (bicyclic) bond motifs is 5. The van der Waals surface area contributed by atoms with Gasteiger partial charge in [0, 0.05) is 48.5 Å². The number of hydrogen-bond acceptors (Lipinski definition) is 4. The molecule has 0 amide bonds. The van der Waals surface area contributed by atoms with Crippen LogP contribution >= 0.6 is 11.3 Å². The van der Waals surface area contributed by atoms with Crippen LogP contribution < -0.4 is 5.32 Å². The Kier molecular flexibility index (Phi) is 4.01. The normalized spacial score (nSPS) is 26.6. The van der Waals surface area contributed by atoms with Crippen LogP contribution in [0.1, 0.15) is 41.5 Å². The molecule has 0 bridgehead atoms. The lowest BCUT2D eigenvalue weighted by Gasteiger charge is -2.37. The van der Waals surface area contributed by atoms with Gasteiger partial charge in [-0.05, 0) is 50.3 Å². The van der Waals surface area contributed by atoms with Gasteiger partial charge in [0.25, 0.3) is 0 Å². The number of morpholine rings is 1. The number of hydrogen-bond donors (Lipinski definition) is 1. The van der Waals surface area contributed by atoms with Gasteiger partial charge in [0.1, 0.15) is 5.00 Å². The highest BCUT2D eigenvalue weighted by atomic mass is 32.1. The van der Waals surface area contributed by atoms with Gasteiger partial charge in [0.2, 0.25) is 0 Å². The van der Waals surface area contributed by atoms with Crippen LogP contribution in [0.4, 0.5) is 0 Å². The van der Waals surface area contributed by atoms with E-state index in [9.17, 15) is 0 Å². The van der Waals surface area contributed by atoms with E-state index in [1.807, 2.05) is 11.3 Å². The van der Waals surface area contributed by atoms with Crippen molar-refractivity contribution in [3.63, 3.8) is 0 Å². The average Bonchev–Trinajstić information content (AvgIpc) is 3.23. The first kappa shape index (κ1) is 16.1. The molecule has 134 valence electrons. The van der Waals surface area contributed by atoms with E-state index in [0.717, 1.165) is 39.4 Å². The van der Waals surface area contributed by atoms with Gasteiger partial charge in [-0.1, -0.05) is 0 Å². The van der Waals surface area contributed by atoms with Crippen molar-refractivity contribution in [3.05, 3.63) is 40.0 Å². The molecular formula is C20H27N3OS. The predicted octanol–water partition coefficient (Wildman–Crippen LogP) is 3.07. The highest BCUT2D eigenvalue weighted by Gasteiger charge is 2.36. The third-order valence-electron chi connectivity index (χ3n) is 6.09. The van der Waals surface area contributed by atoms with Crippen LogP contribution in [0.3, 0.4) is 0 Å². The van der Waals surface area contributed by atoms with E-state index < -0.39 is 0 Å². The smallest absolute Gasteiger partial charge is 0.104 e. The maximum absolute atomic E-state index is 5.54. The first-order valence-corrected chi connectivity index (χ1v) is 10.4. The van der Waals surface area contributed by atoms with Crippen molar-refractivity contribution in [2.24, 2.45) is 0 Å². The van der Waals surface area contributed by atoms with Crippen LogP contribution in [0.25, 0.3) is 5.00 Å². The van der Waals surface area contributed by atoms with Crippen LogP contribution in [0.15, 0.2) is 18.3 Å². The molecule has 1 saturated heterocycles. The Labute approximate surface area is 153 Å². The number of thiophene rings is 1. The van der Waals surface area contributed by atoms with Crippen molar-refractivity contribution in [1.29, 1.82) is 0 Å². The molecule has 0 spiro atoms. The molecule has 0 saturated carbocycles. The number of aromatic nitrogens is 1. The van der Waals surface area contributed by atoms with Gasteiger partial charge in [-0.3, -0.25) is 4.90 Å². The van der Waals surface area contributed by atoms with E-state index in [1.165, 1.54) is 36.4 Å². The Bertz CT molecular complexity index is 774. The summed E-state index contributed by atoms with van der Waals surface area (Å²) in [5, 5.41) is 5.41. The predicted molar refractivity (Wildman–Crippen MR) is 102 cm³/mol. The standard InChI is InChI=1S/C20H27N3OS/c1-20(14-22-9-11-24-12-10-22)18-7-4-8-23(18)19-16(13-21-20)15-5-2-3-6-17(15)25-19/h4,7-8,21H,2-3,5-6,9-14H2,1H3. The summed E-state index contributed by atoms with van der Waals surface area (Å²) in [5.41, 5.74) is 4.58. The van der Waals surface area contributed by atoms with E-state index in [-0.39, 0.29) is 5.54 Å². The number of nitrogens with one attached hydrogen (secondary N) is 1.